The monoisotopic (exact) mass is 332 g/mol. The molecule has 0 spiro atoms. The summed E-state index contributed by atoms with van der Waals surface area (Å²) in [6, 6.07) is 4.15. The van der Waals surface area contributed by atoms with Crippen LogP contribution in [0.2, 0.25) is 0 Å². The van der Waals surface area contributed by atoms with E-state index in [1.807, 2.05) is 18.4 Å². The van der Waals surface area contributed by atoms with E-state index in [1.54, 1.807) is 25.3 Å². The van der Waals surface area contributed by atoms with Gasteiger partial charge in [-0.1, -0.05) is 0 Å². The van der Waals surface area contributed by atoms with Gasteiger partial charge in [-0.2, -0.15) is 0 Å². The van der Waals surface area contributed by atoms with E-state index < -0.39 is 11.6 Å². The van der Waals surface area contributed by atoms with Gasteiger partial charge in [0.2, 0.25) is 5.91 Å². The van der Waals surface area contributed by atoms with Crippen LogP contribution in [-0.4, -0.2) is 57.7 Å². The van der Waals surface area contributed by atoms with E-state index in [9.17, 15) is 9.90 Å². The molecule has 1 unspecified atom stereocenters. The van der Waals surface area contributed by atoms with Gasteiger partial charge in [-0.3, -0.25) is 4.79 Å². The Morgan fingerprint density at radius 3 is 2.58 bits per heavy atom. The number of fused-ring (bicyclic) bond motifs is 1. The molecule has 1 aromatic heterocycles. The van der Waals surface area contributed by atoms with Crippen molar-refractivity contribution in [3.63, 3.8) is 0 Å². The number of hydrogen-bond acceptors (Lipinski definition) is 4. The van der Waals surface area contributed by atoms with E-state index in [0.717, 1.165) is 11.0 Å². The zero-order valence-electron chi connectivity index (χ0n) is 15.4. The number of amides is 1. The largest absolute Gasteiger partial charge is 0.390 e. The lowest BCUT2D eigenvalue weighted by molar-refractivity contribution is -0.134. The molecule has 0 aliphatic carbocycles. The molecule has 24 heavy (non-hydrogen) atoms. The second-order valence-corrected chi connectivity index (χ2v) is 7.18. The van der Waals surface area contributed by atoms with Gasteiger partial charge in [0.1, 0.15) is 0 Å². The summed E-state index contributed by atoms with van der Waals surface area (Å²) in [5.41, 5.74) is 3.64. The van der Waals surface area contributed by atoms with Crippen molar-refractivity contribution in [1.82, 2.24) is 19.8 Å². The summed E-state index contributed by atoms with van der Waals surface area (Å²) in [4.78, 5) is 18.1. The number of carbonyl (C=O) groups is 1. The molecule has 6 heteroatoms. The predicted octanol–water partition coefficient (Wildman–Crippen LogP) is 1.47. The Kier molecular flexibility index (Phi) is 5.30. The number of aliphatic hydroxyl groups is 1. The molecule has 2 aromatic rings. The van der Waals surface area contributed by atoms with Crippen molar-refractivity contribution in [3.8, 4) is 0 Å². The van der Waals surface area contributed by atoms with E-state index >= 15 is 0 Å². The van der Waals surface area contributed by atoms with Crippen LogP contribution in [0, 0.1) is 13.8 Å². The lowest BCUT2D eigenvalue weighted by Gasteiger charge is -2.29. The van der Waals surface area contributed by atoms with E-state index in [2.05, 4.69) is 36.3 Å². The first-order chi connectivity index (χ1) is 11.1. The van der Waals surface area contributed by atoms with Crippen molar-refractivity contribution in [2.45, 2.75) is 45.9 Å². The number of aromatic nitrogens is 2. The Morgan fingerprint density at radius 2 is 1.96 bits per heavy atom. The molecule has 0 aliphatic heterocycles. The third-order valence-corrected chi connectivity index (χ3v) is 4.36. The molecule has 1 aromatic carbocycles. The first-order valence-electron chi connectivity index (χ1n) is 8.18. The number of aliphatic hydroxyl groups excluding tert-OH is 1. The molecule has 0 fully saturated rings. The van der Waals surface area contributed by atoms with Crippen LogP contribution in [0.3, 0.4) is 0 Å². The third-order valence-electron chi connectivity index (χ3n) is 4.36. The smallest absolute Gasteiger partial charge is 0.241 e. The molecular weight excluding hydrogens is 304 g/mol. The average Bonchev–Trinajstić information content (AvgIpc) is 2.87. The van der Waals surface area contributed by atoms with Crippen LogP contribution in [-0.2, 0) is 11.3 Å². The maximum absolute atomic E-state index is 12.1. The van der Waals surface area contributed by atoms with Crippen LogP contribution in [0.25, 0.3) is 11.0 Å². The van der Waals surface area contributed by atoms with E-state index in [0.29, 0.717) is 13.1 Å². The SMILES string of the molecule is Cc1cc2ncn(CC(O)CNC(C)(C)C(=O)N(C)C)c2cc1C. The predicted molar refractivity (Wildman–Crippen MR) is 96.0 cm³/mol. The van der Waals surface area contributed by atoms with Crippen molar-refractivity contribution in [3.05, 3.63) is 29.6 Å². The summed E-state index contributed by atoms with van der Waals surface area (Å²) in [5, 5.41) is 13.5. The lowest BCUT2D eigenvalue weighted by Crippen LogP contribution is -2.54. The van der Waals surface area contributed by atoms with Gasteiger partial charge in [0.05, 0.1) is 35.5 Å². The average molecular weight is 332 g/mol. The van der Waals surface area contributed by atoms with Crippen LogP contribution in [0.1, 0.15) is 25.0 Å². The summed E-state index contributed by atoms with van der Waals surface area (Å²) in [5.74, 6) is -0.0196. The first kappa shape index (κ1) is 18.4. The van der Waals surface area contributed by atoms with Gasteiger partial charge in [0, 0.05) is 20.6 Å². The minimum absolute atomic E-state index is 0.0196. The number of likely N-dealkylation sites (N-methyl/N-ethyl adjacent to an activating group) is 1. The summed E-state index contributed by atoms with van der Waals surface area (Å²) >= 11 is 0. The maximum atomic E-state index is 12.1. The molecule has 1 amide bonds. The fourth-order valence-corrected chi connectivity index (χ4v) is 2.76. The number of carbonyl (C=O) groups excluding carboxylic acids is 1. The molecule has 0 radical (unpaired) electrons. The highest BCUT2D eigenvalue weighted by molar-refractivity contribution is 5.85. The Morgan fingerprint density at radius 1 is 1.33 bits per heavy atom. The number of rotatable bonds is 6. The van der Waals surface area contributed by atoms with Gasteiger partial charge in [-0.25, -0.2) is 4.98 Å². The molecule has 0 saturated heterocycles. The highest BCUT2D eigenvalue weighted by atomic mass is 16.3. The standard InChI is InChI=1S/C18H28N4O2/c1-12-7-15-16(8-13(12)2)22(11-19-15)10-14(23)9-20-18(3,4)17(24)21(5)6/h7-8,11,14,20,23H,9-10H2,1-6H3. The highest BCUT2D eigenvalue weighted by Gasteiger charge is 2.29. The van der Waals surface area contributed by atoms with E-state index in [1.165, 1.54) is 11.1 Å². The van der Waals surface area contributed by atoms with Gasteiger partial charge in [0.15, 0.2) is 0 Å². The van der Waals surface area contributed by atoms with Crippen LogP contribution in [0.4, 0.5) is 0 Å². The first-order valence-corrected chi connectivity index (χ1v) is 8.18. The maximum Gasteiger partial charge on any atom is 0.241 e. The minimum atomic E-state index is -0.713. The van der Waals surface area contributed by atoms with Crippen LogP contribution < -0.4 is 5.32 Å². The van der Waals surface area contributed by atoms with Crippen molar-refractivity contribution in [1.29, 1.82) is 0 Å². The molecule has 0 aliphatic rings. The molecule has 6 nitrogen and oxygen atoms in total. The molecule has 2 N–H and O–H groups in total. The number of benzene rings is 1. The normalized spacial score (nSPS) is 13.3. The van der Waals surface area contributed by atoms with E-state index in [-0.39, 0.29) is 5.91 Å². The number of nitrogens with zero attached hydrogens (tertiary/aromatic N) is 3. The molecule has 1 heterocycles. The summed E-state index contributed by atoms with van der Waals surface area (Å²) in [6.45, 7) is 8.53. The third kappa shape index (κ3) is 3.94. The Labute approximate surface area is 143 Å². The van der Waals surface area contributed by atoms with Crippen LogP contribution in [0.15, 0.2) is 18.5 Å². The van der Waals surface area contributed by atoms with Gasteiger partial charge in [-0.05, 0) is 51.0 Å². The number of aryl methyl sites for hydroxylation is 2. The molecular formula is C18H28N4O2. The fourth-order valence-electron chi connectivity index (χ4n) is 2.76. The number of imidazole rings is 1. The topological polar surface area (TPSA) is 70.4 Å². The van der Waals surface area contributed by atoms with Crippen LogP contribution in [0.5, 0.6) is 0 Å². The summed E-state index contributed by atoms with van der Waals surface area (Å²) in [7, 11) is 3.45. The van der Waals surface area contributed by atoms with Gasteiger partial charge < -0.3 is 19.9 Å². The Balaban J connectivity index is 2.04. The quantitative estimate of drug-likeness (QED) is 0.840. The fraction of sp³-hybridized carbons (Fsp3) is 0.556. The molecule has 0 bridgehead atoms. The number of β-amino-alcohol motifs (C(OH)–C–C–N with tert-alkyl or cyclic N) is 1. The lowest BCUT2D eigenvalue weighted by atomic mass is 10.0. The van der Waals surface area contributed by atoms with Crippen LogP contribution >= 0.6 is 0 Å². The summed E-state index contributed by atoms with van der Waals surface area (Å²) < 4.78 is 1.95. The number of nitrogens with one attached hydrogen (secondary N) is 1. The zero-order chi connectivity index (χ0) is 18.1. The summed E-state index contributed by atoms with van der Waals surface area (Å²) in [6.07, 6.45) is 1.14. The minimum Gasteiger partial charge on any atom is -0.390 e. The Bertz CT molecular complexity index is 734. The second kappa shape index (κ2) is 6.91. The Hall–Kier alpha value is -1.92. The van der Waals surface area contributed by atoms with Crippen molar-refractivity contribution >= 4 is 16.9 Å². The molecule has 1 atom stereocenters. The number of hydrogen-bond donors (Lipinski definition) is 2. The van der Waals surface area contributed by atoms with Crippen molar-refractivity contribution in [2.24, 2.45) is 0 Å². The van der Waals surface area contributed by atoms with Gasteiger partial charge >= 0.3 is 0 Å². The molecule has 0 saturated carbocycles. The van der Waals surface area contributed by atoms with Gasteiger partial charge in [0.25, 0.3) is 0 Å². The second-order valence-electron chi connectivity index (χ2n) is 7.18. The zero-order valence-corrected chi connectivity index (χ0v) is 15.4. The van der Waals surface area contributed by atoms with Crippen molar-refractivity contribution < 1.29 is 9.90 Å². The van der Waals surface area contributed by atoms with E-state index in [4.69, 9.17) is 0 Å². The van der Waals surface area contributed by atoms with Crippen molar-refractivity contribution in [2.75, 3.05) is 20.6 Å². The molecule has 2 rings (SSSR count). The van der Waals surface area contributed by atoms with Gasteiger partial charge in [-0.15, -0.1) is 0 Å². The highest BCUT2D eigenvalue weighted by Crippen LogP contribution is 2.18. The molecule has 132 valence electrons.